The van der Waals surface area contributed by atoms with Crippen LogP contribution in [0.2, 0.25) is 0 Å². The fraction of sp³-hybridized carbons (Fsp3) is 0.667. The zero-order chi connectivity index (χ0) is 15.4. The first kappa shape index (κ1) is 15.9. The van der Waals surface area contributed by atoms with Gasteiger partial charge in [-0.05, 0) is 25.7 Å². The maximum Gasteiger partial charge on any atom is 0.106 e. The molecule has 0 aromatic carbocycles. The van der Waals surface area contributed by atoms with Crippen molar-refractivity contribution >= 4 is 0 Å². The van der Waals surface area contributed by atoms with Crippen LogP contribution in [0.5, 0.6) is 0 Å². The summed E-state index contributed by atoms with van der Waals surface area (Å²) in [5.74, 6) is 0. The van der Waals surface area contributed by atoms with E-state index < -0.39 is 0 Å². The van der Waals surface area contributed by atoms with Gasteiger partial charge < -0.3 is 18.9 Å². The largest absolute Gasteiger partial charge is 0.371 e. The molecule has 0 spiro atoms. The summed E-state index contributed by atoms with van der Waals surface area (Å²) in [6, 6.07) is 0. The van der Waals surface area contributed by atoms with E-state index in [1.165, 1.54) is 0 Å². The van der Waals surface area contributed by atoms with E-state index in [4.69, 9.17) is 18.9 Å². The van der Waals surface area contributed by atoms with Crippen LogP contribution in [0.25, 0.3) is 0 Å². The summed E-state index contributed by atoms with van der Waals surface area (Å²) < 4.78 is 23.7. The minimum Gasteiger partial charge on any atom is -0.371 e. The van der Waals surface area contributed by atoms with Crippen molar-refractivity contribution in [1.82, 2.24) is 0 Å². The Balaban J connectivity index is 1.52. The van der Waals surface area contributed by atoms with Gasteiger partial charge in [0.2, 0.25) is 0 Å². The van der Waals surface area contributed by atoms with Crippen LogP contribution in [0.1, 0.15) is 25.7 Å². The van der Waals surface area contributed by atoms with Crippen LogP contribution < -0.4 is 0 Å². The fourth-order valence-electron chi connectivity index (χ4n) is 3.22. The minimum atomic E-state index is -0.0117. The van der Waals surface area contributed by atoms with Crippen molar-refractivity contribution in [2.24, 2.45) is 0 Å². The summed E-state index contributed by atoms with van der Waals surface area (Å²) >= 11 is 0. The lowest BCUT2D eigenvalue weighted by atomic mass is 9.99. The zero-order valence-corrected chi connectivity index (χ0v) is 13.1. The molecule has 3 rings (SSSR count). The van der Waals surface area contributed by atoms with Gasteiger partial charge in [0, 0.05) is 13.2 Å². The standard InChI is InChI=1S/C18H26O4/c1-3-13-15(7-5-11-19-13)21-17-9-10-18(17)22-16-8-6-12-20-14(16)4-2/h3-4,9-10,13-18H,1-2,5-8,11-12H2/t13-,14-,15+,16+,17-,18+/m1/s1. The van der Waals surface area contributed by atoms with E-state index >= 15 is 0 Å². The number of hydrogen-bond acceptors (Lipinski definition) is 4. The second kappa shape index (κ2) is 7.55. The summed E-state index contributed by atoms with van der Waals surface area (Å²) in [6.45, 7) is 9.25. The molecule has 4 nitrogen and oxygen atoms in total. The molecular formula is C18H26O4. The third kappa shape index (κ3) is 3.51. The molecule has 0 unspecified atom stereocenters. The maximum atomic E-state index is 6.18. The molecule has 0 saturated carbocycles. The molecule has 0 aromatic rings. The van der Waals surface area contributed by atoms with Crippen LogP contribution in [0.3, 0.4) is 0 Å². The smallest absolute Gasteiger partial charge is 0.106 e. The third-order valence-corrected chi connectivity index (χ3v) is 4.56. The molecule has 0 aromatic heterocycles. The molecule has 2 heterocycles. The van der Waals surface area contributed by atoms with Crippen molar-refractivity contribution in [2.75, 3.05) is 13.2 Å². The monoisotopic (exact) mass is 306 g/mol. The van der Waals surface area contributed by atoms with E-state index in [2.05, 4.69) is 25.3 Å². The Morgan fingerprint density at radius 3 is 1.64 bits per heavy atom. The topological polar surface area (TPSA) is 36.9 Å². The van der Waals surface area contributed by atoms with Crippen molar-refractivity contribution < 1.29 is 18.9 Å². The highest BCUT2D eigenvalue weighted by atomic mass is 16.6. The van der Waals surface area contributed by atoms with Crippen LogP contribution in [-0.2, 0) is 18.9 Å². The third-order valence-electron chi connectivity index (χ3n) is 4.56. The lowest BCUT2D eigenvalue weighted by molar-refractivity contribution is -0.165. The van der Waals surface area contributed by atoms with E-state index in [1.54, 1.807) is 0 Å². The first-order valence-electron chi connectivity index (χ1n) is 8.29. The first-order chi connectivity index (χ1) is 10.8. The van der Waals surface area contributed by atoms with Crippen LogP contribution in [-0.4, -0.2) is 49.8 Å². The number of rotatable bonds is 6. The van der Waals surface area contributed by atoms with Gasteiger partial charge in [-0.25, -0.2) is 0 Å². The summed E-state index contributed by atoms with van der Waals surface area (Å²) in [5, 5.41) is 0. The van der Waals surface area contributed by atoms with Crippen LogP contribution in [0.4, 0.5) is 0 Å². The fourth-order valence-corrected chi connectivity index (χ4v) is 3.22. The van der Waals surface area contributed by atoms with Crippen LogP contribution >= 0.6 is 0 Å². The summed E-state index contributed by atoms with van der Waals surface area (Å²) in [6.07, 6.45) is 12.0. The molecule has 4 heteroatoms. The van der Waals surface area contributed by atoms with E-state index in [0.717, 1.165) is 38.9 Å². The van der Waals surface area contributed by atoms with Gasteiger partial charge in [0.25, 0.3) is 0 Å². The van der Waals surface area contributed by atoms with Gasteiger partial charge in [-0.1, -0.05) is 24.3 Å². The van der Waals surface area contributed by atoms with E-state index in [9.17, 15) is 0 Å². The lowest BCUT2D eigenvalue weighted by Crippen LogP contribution is -2.47. The van der Waals surface area contributed by atoms with Gasteiger partial charge in [0.1, 0.15) is 24.4 Å². The van der Waals surface area contributed by atoms with Crippen LogP contribution in [0, 0.1) is 0 Å². The van der Waals surface area contributed by atoms with Crippen molar-refractivity contribution in [2.45, 2.75) is 62.3 Å². The van der Waals surface area contributed by atoms with E-state index in [1.807, 2.05) is 12.2 Å². The van der Waals surface area contributed by atoms with Gasteiger partial charge in [-0.3, -0.25) is 0 Å². The number of ether oxygens (including phenoxy) is 4. The maximum absolute atomic E-state index is 6.18. The second-order valence-corrected chi connectivity index (χ2v) is 6.09. The normalized spacial score (nSPS) is 41.6. The van der Waals surface area contributed by atoms with Gasteiger partial charge in [-0.15, -0.1) is 13.2 Å². The SMILES string of the molecule is C=C[C@H]1OCCC[C@@H]1O[C@H]1C=C[C@H]1O[C@H]1CCCO[C@@H]1C=C. The number of hydrogen-bond donors (Lipinski definition) is 0. The van der Waals surface area contributed by atoms with Crippen molar-refractivity contribution in [3.05, 3.63) is 37.5 Å². The molecular weight excluding hydrogens is 280 g/mol. The molecule has 22 heavy (non-hydrogen) atoms. The summed E-state index contributed by atoms with van der Waals surface area (Å²) in [4.78, 5) is 0. The molecule has 0 N–H and O–H groups in total. The average molecular weight is 306 g/mol. The van der Waals surface area contributed by atoms with E-state index in [-0.39, 0.29) is 36.6 Å². The lowest BCUT2D eigenvalue weighted by Gasteiger charge is -2.40. The highest BCUT2D eigenvalue weighted by molar-refractivity contribution is 5.14. The molecule has 0 bridgehead atoms. The highest BCUT2D eigenvalue weighted by Gasteiger charge is 2.36. The van der Waals surface area contributed by atoms with Gasteiger partial charge in [-0.2, -0.15) is 0 Å². The summed E-state index contributed by atoms with van der Waals surface area (Å²) in [5.41, 5.74) is 0. The predicted molar refractivity (Wildman–Crippen MR) is 84.8 cm³/mol. The zero-order valence-electron chi connectivity index (χ0n) is 13.1. The van der Waals surface area contributed by atoms with Crippen molar-refractivity contribution in [3.63, 3.8) is 0 Å². The Bertz CT molecular complexity index is 381. The molecule has 3 aliphatic rings. The molecule has 2 saturated heterocycles. The van der Waals surface area contributed by atoms with Crippen molar-refractivity contribution in [3.8, 4) is 0 Å². The second-order valence-electron chi connectivity index (χ2n) is 6.09. The molecule has 0 amide bonds. The molecule has 122 valence electrons. The molecule has 6 atom stereocenters. The minimum absolute atomic E-state index is 0.00143. The Kier molecular flexibility index (Phi) is 5.47. The Hall–Kier alpha value is -0.940. The van der Waals surface area contributed by atoms with Crippen LogP contribution in [0.15, 0.2) is 37.5 Å². The Labute approximate surface area is 132 Å². The molecule has 2 fully saturated rings. The van der Waals surface area contributed by atoms with Gasteiger partial charge >= 0.3 is 0 Å². The molecule has 0 radical (unpaired) electrons. The molecule has 1 aliphatic carbocycles. The Morgan fingerprint density at radius 1 is 0.818 bits per heavy atom. The Morgan fingerprint density at radius 2 is 1.27 bits per heavy atom. The highest BCUT2D eigenvalue weighted by Crippen LogP contribution is 2.29. The average Bonchev–Trinajstić information content (AvgIpc) is 2.57. The first-order valence-corrected chi connectivity index (χ1v) is 8.29. The molecule has 2 aliphatic heterocycles. The predicted octanol–water partition coefficient (Wildman–Crippen LogP) is 2.79. The van der Waals surface area contributed by atoms with Gasteiger partial charge in [0.15, 0.2) is 0 Å². The van der Waals surface area contributed by atoms with Crippen molar-refractivity contribution in [1.29, 1.82) is 0 Å². The van der Waals surface area contributed by atoms with E-state index in [0.29, 0.717) is 0 Å². The summed E-state index contributed by atoms with van der Waals surface area (Å²) in [7, 11) is 0. The quantitative estimate of drug-likeness (QED) is 0.707. The van der Waals surface area contributed by atoms with Gasteiger partial charge in [0.05, 0.1) is 12.2 Å².